The molecule has 21 heavy (non-hydrogen) atoms. The Morgan fingerprint density at radius 3 is 2.29 bits per heavy atom. The molecular formula is C13H15ClF3NO2S. The van der Waals surface area contributed by atoms with Crippen LogP contribution in [-0.4, -0.2) is 25.8 Å². The van der Waals surface area contributed by atoms with Gasteiger partial charge in [-0.25, -0.2) is 8.42 Å². The van der Waals surface area contributed by atoms with Crippen LogP contribution in [0.5, 0.6) is 0 Å². The van der Waals surface area contributed by atoms with Gasteiger partial charge in [0.25, 0.3) is 9.84 Å². The lowest BCUT2D eigenvalue weighted by Crippen LogP contribution is -2.23. The Balaban J connectivity index is 2.03. The summed E-state index contributed by atoms with van der Waals surface area (Å²) >= 11 is 6.14. The summed E-state index contributed by atoms with van der Waals surface area (Å²) in [4.78, 5) is -0.753. The maximum Gasteiger partial charge on any atom is 0.501 e. The minimum atomic E-state index is -5.28. The predicted molar refractivity (Wildman–Crippen MR) is 75.2 cm³/mol. The number of anilines is 1. The molecule has 3 nitrogen and oxygen atoms in total. The zero-order chi connectivity index (χ0) is 15.7. The van der Waals surface area contributed by atoms with Gasteiger partial charge in [-0.2, -0.15) is 13.2 Å². The number of benzene rings is 1. The molecule has 0 bridgehead atoms. The van der Waals surface area contributed by atoms with Gasteiger partial charge in [0.2, 0.25) is 0 Å². The topological polar surface area (TPSA) is 46.2 Å². The van der Waals surface area contributed by atoms with E-state index < -0.39 is 20.2 Å². The minimum Gasteiger partial charge on any atom is -0.385 e. The van der Waals surface area contributed by atoms with Crippen LogP contribution < -0.4 is 5.32 Å². The molecule has 1 aliphatic carbocycles. The number of sulfone groups is 1. The lowest BCUT2D eigenvalue weighted by atomic mass is 10.1. The van der Waals surface area contributed by atoms with Gasteiger partial charge in [0.15, 0.2) is 0 Å². The molecule has 1 aliphatic rings. The second-order valence-corrected chi connectivity index (χ2v) is 7.56. The molecule has 1 saturated carbocycles. The highest BCUT2D eigenvalue weighted by molar-refractivity contribution is 7.92. The summed E-state index contributed by atoms with van der Waals surface area (Å²) in [6.45, 7) is 0.625. The number of halogens is 4. The third kappa shape index (κ3) is 3.63. The first kappa shape index (κ1) is 16.4. The van der Waals surface area contributed by atoms with Crippen LogP contribution in [0.4, 0.5) is 18.9 Å². The molecule has 0 saturated heterocycles. The van der Waals surface area contributed by atoms with Gasteiger partial charge in [-0.05, 0) is 43.0 Å². The molecule has 1 fully saturated rings. The average molecular weight is 342 g/mol. The van der Waals surface area contributed by atoms with E-state index in [0.717, 1.165) is 31.4 Å². The Morgan fingerprint density at radius 1 is 1.19 bits per heavy atom. The minimum absolute atomic E-state index is 0.113. The monoisotopic (exact) mass is 341 g/mol. The quantitative estimate of drug-likeness (QED) is 0.847. The van der Waals surface area contributed by atoms with Crippen LogP contribution in [-0.2, 0) is 9.84 Å². The number of hydrogen-bond acceptors (Lipinski definition) is 3. The zero-order valence-electron chi connectivity index (χ0n) is 11.0. The highest BCUT2D eigenvalue weighted by Gasteiger charge is 2.46. The fourth-order valence-electron chi connectivity index (χ4n) is 2.36. The van der Waals surface area contributed by atoms with Gasteiger partial charge in [-0.3, -0.25) is 0 Å². The first-order valence-corrected chi connectivity index (χ1v) is 8.43. The van der Waals surface area contributed by atoms with Crippen LogP contribution >= 0.6 is 11.6 Å². The summed E-state index contributed by atoms with van der Waals surface area (Å²) in [7, 11) is -5.28. The third-order valence-corrected chi connectivity index (χ3v) is 5.68. The molecule has 2 unspecified atom stereocenters. The van der Waals surface area contributed by atoms with Crippen LogP contribution in [0.15, 0.2) is 29.2 Å². The van der Waals surface area contributed by atoms with Crippen molar-refractivity contribution in [2.24, 2.45) is 5.92 Å². The number of alkyl halides is 4. The van der Waals surface area contributed by atoms with Crippen molar-refractivity contribution >= 4 is 27.1 Å². The van der Waals surface area contributed by atoms with E-state index in [9.17, 15) is 21.6 Å². The first-order valence-electron chi connectivity index (χ1n) is 6.51. The molecule has 2 atom stereocenters. The summed E-state index contributed by atoms with van der Waals surface area (Å²) in [6.07, 6.45) is 3.06. The number of nitrogens with one attached hydrogen (secondary N) is 1. The van der Waals surface area contributed by atoms with Crippen molar-refractivity contribution < 1.29 is 21.6 Å². The first-order chi connectivity index (χ1) is 9.72. The summed E-state index contributed by atoms with van der Waals surface area (Å²) in [5.41, 5.74) is -4.70. The molecule has 1 aromatic rings. The van der Waals surface area contributed by atoms with E-state index in [1.165, 1.54) is 12.1 Å². The van der Waals surface area contributed by atoms with Gasteiger partial charge in [-0.15, -0.1) is 11.6 Å². The number of rotatable bonds is 4. The van der Waals surface area contributed by atoms with E-state index in [-0.39, 0.29) is 5.38 Å². The molecule has 0 radical (unpaired) electrons. The van der Waals surface area contributed by atoms with Crippen molar-refractivity contribution in [3.05, 3.63) is 24.3 Å². The zero-order valence-corrected chi connectivity index (χ0v) is 12.6. The van der Waals surface area contributed by atoms with Gasteiger partial charge in [0.1, 0.15) is 0 Å². The van der Waals surface area contributed by atoms with Gasteiger partial charge in [-0.1, -0.05) is 6.42 Å². The van der Waals surface area contributed by atoms with E-state index in [2.05, 4.69) is 5.32 Å². The lowest BCUT2D eigenvalue weighted by Gasteiger charge is -2.15. The third-order valence-electron chi connectivity index (χ3n) is 3.60. The normalized spacial score (nSPS) is 23.2. The van der Waals surface area contributed by atoms with Crippen LogP contribution in [0.25, 0.3) is 0 Å². The standard InChI is InChI=1S/C13H15ClF3NO2S/c14-12-3-1-2-9(12)8-18-10-4-6-11(7-5-10)21(19,20)13(15,16)17/h4-7,9,12,18H,1-3,8H2. The second kappa shape index (κ2) is 6.04. The lowest BCUT2D eigenvalue weighted by molar-refractivity contribution is -0.0436. The summed E-state index contributed by atoms with van der Waals surface area (Å²) in [6, 6.07) is 4.57. The largest absolute Gasteiger partial charge is 0.501 e. The summed E-state index contributed by atoms with van der Waals surface area (Å²) < 4.78 is 59.6. The predicted octanol–water partition coefficient (Wildman–Crippen LogP) is 3.80. The maximum absolute atomic E-state index is 12.4. The SMILES string of the molecule is O=S(=O)(c1ccc(NCC2CCCC2Cl)cc1)C(F)(F)F. The van der Waals surface area contributed by atoms with Gasteiger partial charge >= 0.3 is 5.51 Å². The molecule has 2 rings (SSSR count). The fourth-order valence-corrected chi connectivity index (χ4v) is 3.49. The molecular weight excluding hydrogens is 327 g/mol. The highest BCUT2D eigenvalue weighted by atomic mass is 35.5. The Hall–Kier alpha value is -0.950. The van der Waals surface area contributed by atoms with Crippen LogP contribution in [0.2, 0.25) is 0 Å². The Labute approximate surface area is 126 Å². The summed E-state index contributed by atoms with van der Waals surface area (Å²) in [5.74, 6) is 0.324. The molecule has 118 valence electrons. The van der Waals surface area contributed by atoms with Gasteiger partial charge in [0.05, 0.1) is 4.90 Å². The van der Waals surface area contributed by atoms with Gasteiger partial charge < -0.3 is 5.32 Å². The molecule has 1 N–H and O–H groups in total. The smallest absolute Gasteiger partial charge is 0.385 e. The average Bonchev–Trinajstić information content (AvgIpc) is 2.81. The van der Waals surface area contributed by atoms with E-state index in [4.69, 9.17) is 11.6 Å². The van der Waals surface area contributed by atoms with Crippen LogP contribution in [0.1, 0.15) is 19.3 Å². The number of hydrogen-bond donors (Lipinski definition) is 1. The van der Waals surface area contributed by atoms with Crippen molar-refractivity contribution in [3.8, 4) is 0 Å². The second-order valence-electron chi connectivity index (χ2n) is 5.06. The van der Waals surface area contributed by atoms with Crippen molar-refractivity contribution in [1.29, 1.82) is 0 Å². The Bertz CT molecular complexity index is 586. The fraction of sp³-hybridized carbons (Fsp3) is 0.538. The Kier molecular flexibility index (Phi) is 4.72. The molecule has 0 aliphatic heterocycles. The highest BCUT2D eigenvalue weighted by Crippen LogP contribution is 2.32. The van der Waals surface area contributed by atoms with Crippen molar-refractivity contribution in [2.75, 3.05) is 11.9 Å². The van der Waals surface area contributed by atoms with E-state index in [1.54, 1.807) is 0 Å². The van der Waals surface area contributed by atoms with E-state index in [1.807, 2.05) is 0 Å². The molecule has 0 heterocycles. The van der Waals surface area contributed by atoms with Crippen molar-refractivity contribution in [2.45, 2.75) is 35.0 Å². The summed E-state index contributed by atoms with van der Waals surface area (Å²) in [5, 5.41) is 3.19. The van der Waals surface area contributed by atoms with Crippen molar-refractivity contribution in [1.82, 2.24) is 0 Å². The van der Waals surface area contributed by atoms with Gasteiger partial charge in [0, 0.05) is 17.6 Å². The van der Waals surface area contributed by atoms with E-state index in [0.29, 0.717) is 18.2 Å². The molecule has 8 heteroatoms. The van der Waals surface area contributed by atoms with Crippen LogP contribution in [0.3, 0.4) is 0 Å². The molecule has 0 spiro atoms. The van der Waals surface area contributed by atoms with Crippen molar-refractivity contribution in [3.63, 3.8) is 0 Å². The molecule has 1 aromatic carbocycles. The molecule has 0 amide bonds. The Morgan fingerprint density at radius 2 is 1.81 bits per heavy atom. The molecule has 0 aromatic heterocycles. The maximum atomic E-state index is 12.4. The van der Waals surface area contributed by atoms with E-state index >= 15 is 0 Å². The van der Waals surface area contributed by atoms with Crippen LogP contribution in [0, 0.1) is 5.92 Å².